The molecular formula is C32H44O2. The molecule has 5 aromatic carbocycles. The van der Waals surface area contributed by atoms with E-state index in [1.54, 1.807) is 0 Å². The van der Waals surface area contributed by atoms with Crippen molar-refractivity contribution in [1.29, 1.82) is 0 Å². The van der Waals surface area contributed by atoms with Gasteiger partial charge in [0.15, 0.2) is 0 Å². The normalized spacial score (nSPS) is 10.0. The molecule has 0 radical (unpaired) electrons. The van der Waals surface area contributed by atoms with E-state index in [-0.39, 0.29) is 11.5 Å². The first-order chi connectivity index (χ1) is 16.4. The van der Waals surface area contributed by atoms with Crippen molar-refractivity contribution in [3.63, 3.8) is 0 Å². The molecule has 0 aromatic heterocycles. The monoisotopic (exact) mass is 460 g/mol. The summed E-state index contributed by atoms with van der Waals surface area (Å²) >= 11 is 0. The second-order valence-electron chi connectivity index (χ2n) is 7.54. The molecule has 0 heterocycles. The van der Waals surface area contributed by atoms with Gasteiger partial charge in [-0.25, -0.2) is 0 Å². The number of hydrogen-bond acceptors (Lipinski definition) is 2. The summed E-state index contributed by atoms with van der Waals surface area (Å²) in [5.41, 5.74) is 4.47. The van der Waals surface area contributed by atoms with Gasteiger partial charge in [-0.1, -0.05) is 79.7 Å². The second-order valence-corrected chi connectivity index (χ2v) is 7.54. The Morgan fingerprint density at radius 3 is 1.06 bits per heavy atom. The average molecular weight is 461 g/mol. The number of rotatable bonds is 0. The van der Waals surface area contributed by atoms with E-state index in [1.165, 1.54) is 16.5 Å². The van der Waals surface area contributed by atoms with E-state index in [0.717, 1.165) is 48.8 Å². The van der Waals surface area contributed by atoms with Gasteiger partial charge in [0.25, 0.3) is 0 Å². The van der Waals surface area contributed by atoms with Gasteiger partial charge >= 0.3 is 0 Å². The fourth-order valence-electron chi connectivity index (χ4n) is 4.87. The number of aryl methyl sites for hydroxylation is 4. The topological polar surface area (TPSA) is 40.5 Å². The fraction of sp³-hybridized carbons (Fsp3) is 0.375. The zero-order valence-electron chi connectivity index (χ0n) is 23.4. The molecule has 0 bridgehead atoms. The highest BCUT2D eigenvalue weighted by Crippen LogP contribution is 2.49. The molecule has 0 aliphatic heterocycles. The lowest BCUT2D eigenvalue weighted by Crippen LogP contribution is -1.94. The molecule has 34 heavy (non-hydrogen) atoms. The molecule has 0 atom stereocenters. The standard InChI is InChI=1S/C24H20O2.4C2H6/c1-11-5-7-15-21-16(8-6-12(2)19(11)21)23-18(26)10-14(4)20-13(3)9-17(25)22(15)24(20)23;4*1-2/h5-10,25-26H,1-4H3;4*1-2H3. The minimum Gasteiger partial charge on any atom is -0.507 e. The lowest BCUT2D eigenvalue weighted by molar-refractivity contribution is 0.481. The van der Waals surface area contributed by atoms with Crippen molar-refractivity contribution in [2.75, 3.05) is 0 Å². The maximum absolute atomic E-state index is 10.9. The van der Waals surface area contributed by atoms with E-state index in [2.05, 4.69) is 38.1 Å². The van der Waals surface area contributed by atoms with E-state index in [0.29, 0.717) is 0 Å². The average Bonchev–Trinajstić information content (AvgIpc) is 2.86. The number of hydrogen-bond donors (Lipinski definition) is 2. The van der Waals surface area contributed by atoms with Crippen LogP contribution in [0.25, 0.3) is 43.1 Å². The first-order valence-electron chi connectivity index (χ1n) is 12.9. The van der Waals surface area contributed by atoms with Crippen molar-refractivity contribution < 1.29 is 10.2 Å². The third-order valence-electron chi connectivity index (χ3n) is 5.87. The van der Waals surface area contributed by atoms with Gasteiger partial charge in [0.1, 0.15) is 11.5 Å². The Labute approximate surface area is 206 Å². The van der Waals surface area contributed by atoms with E-state index in [9.17, 15) is 10.2 Å². The molecule has 184 valence electrons. The molecule has 5 aromatic rings. The Morgan fingerprint density at radius 2 is 0.706 bits per heavy atom. The van der Waals surface area contributed by atoms with Gasteiger partial charge in [-0.15, -0.1) is 0 Å². The van der Waals surface area contributed by atoms with Crippen molar-refractivity contribution in [3.05, 3.63) is 58.7 Å². The Hall–Kier alpha value is -3.00. The van der Waals surface area contributed by atoms with E-state index in [4.69, 9.17) is 0 Å². The summed E-state index contributed by atoms with van der Waals surface area (Å²) in [5.74, 6) is 0.553. The summed E-state index contributed by atoms with van der Waals surface area (Å²) in [6.07, 6.45) is 0. The van der Waals surface area contributed by atoms with E-state index >= 15 is 0 Å². The zero-order chi connectivity index (χ0) is 26.3. The number of aromatic hydroxyl groups is 2. The summed E-state index contributed by atoms with van der Waals surface area (Å²) in [5, 5.41) is 29.9. The lowest BCUT2D eigenvalue weighted by Gasteiger charge is -2.20. The number of phenolic OH excluding ortho intramolecular Hbond substituents is 2. The maximum atomic E-state index is 10.9. The van der Waals surface area contributed by atoms with Gasteiger partial charge < -0.3 is 10.2 Å². The molecule has 0 spiro atoms. The minimum absolute atomic E-state index is 0.276. The lowest BCUT2D eigenvalue weighted by atomic mass is 9.84. The van der Waals surface area contributed by atoms with Crippen LogP contribution in [0.15, 0.2) is 36.4 Å². The molecule has 0 aliphatic rings. The molecule has 0 unspecified atom stereocenters. The Balaban J connectivity index is 0.000000659. The molecule has 2 nitrogen and oxygen atoms in total. The Morgan fingerprint density at radius 1 is 0.382 bits per heavy atom. The highest BCUT2D eigenvalue weighted by atomic mass is 16.3. The first kappa shape index (κ1) is 29.0. The maximum Gasteiger partial charge on any atom is 0.124 e. The Kier molecular flexibility index (Phi) is 10.6. The molecule has 2 heteroatoms. The predicted octanol–water partition coefficient (Wildman–Crippen LogP) is 10.5. The molecule has 2 N–H and O–H groups in total. The molecule has 0 fully saturated rings. The fourth-order valence-corrected chi connectivity index (χ4v) is 4.87. The van der Waals surface area contributed by atoms with Crippen LogP contribution >= 0.6 is 0 Å². The largest absolute Gasteiger partial charge is 0.507 e. The molecule has 0 saturated carbocycles. The van der Waals surface area contributed by atoms with Crippen LogP contribution in [-0.2, 0) is 0 Å². The second kappa shape index (κ2) is 12.5. The third kappa shape index (κ3) is 4.51. The highest BCUT2D eigenvalue weighted by Gasteiger charge is 2.21. The van der Waals surface area contributed by atoms with Gasteiger partial charge in [0.05, 0.1) is 0 Å². The summed E-state index contributed by atoms with van der Waals surface area (Å²) in [4.78, 5) is 0. The number of phenols is 2. The summed E-state index contributed by atoms with van der Waals surface area (Å²) in [6.45, 7) is 24.3. The van der Waals surface area contributed by atoms with Crippen LogP contribution in [0.4, 0.5) is 0 Å². The molecule has 0 amide bonds. The van der Waals surface area contributed by atoms with Crippen LogP contribution in [-0.4, -0.2) is 10.2 Å². The van der Waals surface area contributed by atoms with Gasteiger partial charge in [-0.3, -0.25) is 0 Å². The van der Waals surface area contributed by atoms with Gasteiger partial charge in [0.2, 0.25) is 0 Å². The highest BCUT2D eigenvalue weighted by molar-refractivity contribution is 6.36. The third-order valence-corrected chi connectivity index (χ3v) is 5.87. The smallest absolute Gasteiger partial charge is 0.124 e. The molecular weight excluding hydrogens is 416 g/mol. The van der Waals surface area contributed by atoms with Crippen LogP contribution in [0, 0.1) is 27.7 Å². The van der Waals surface area contributed by atoms with E-state index in [1.807, 2.05) is 81.4 Å². The summed E-state index contributed by atoms with van der Waals surface area (Å²) < 4.78 is 0. The minimum atomic E-state index is 0.276. The summed E-state index contributed by atoms with van der Waals surface area (Å²) in [6, 6.07) is 12.1. The number of benzene rings is 5. The van der Waals surface area contributed by atoms with Gasteiger partial charge in [0, 0.05) is 16.2 Å². The van der Waals surface area contributed by atoms with Gasteiger partial charge in [-0.05, 0) is 89.0 Å². The Bertz CT molecular complexity index is 1280. The van der Waals surface area contributed by atoms with Crippen molar-refractivity contribution in [1.82, 2.24) is 0 Å². The van der Waals surface area contributed by atoms with Crippen LogP contribution in [0.3, 0.4) is 0 Å². The van der Waals surface area contributed by atoms with Gasteiger partial charge in [-0.2, -0.15) is 0 Å². The van der Waals surface area contributed by atoms with Crippen molar-refractivity contribution in [2.45, 2.75) is 83.1 Å². The first-order valence-corrected chi connectivity index (χ1v) is 12.9. The SMILES string of the molecule is CC.CC.CC.CC.Cc1ccc2c3c(O)cc(C)c4c(C)cc(O)c(c5ccc(C)c1c25)c43. The van der Waals surface area contributed by atoms with Crippen molar-refractivity contribution in [3.8, 4) is 11.5 Å². The molecule has 5 rings (SSSR count). The number of fused-ring (bicyclic) bond motifs is 2. The van der Waals surface area contributed by atoms with Crippen molar-refractivity contribution in [2.24, 2.45) is 0 Å². The van der Waals surface area contributed by atoms with Crippen LogP contribution in [0.1, 0.15) is 77.6 Å². The van der Waals surface area contributed by atoms with E-state index < -0.39 is 0 Å². The van der Waals surface area contributed by atoms with Crippen LogP contribution in [0.2, 0.25) is 0 Å². The molecule has 0 aliphatic carbocycles. The van der Waals surface area contributed by atoms with Crippen LogP contribution < -0.4 is 0 Å². The molecule has 0 saturated heterocycles. The summed E-state index contributed by atoms with van der Waals surface area (Å²) in [7, 11) is 0. The zero-order valence-corrected chi connectivity index (χ0v) is 23.4. The van der Waals surface area contributed by atoms with Crippen molar-refractivity contribution >= 4 is 43.1 Å². The predicted molar refractivity (Wildman–Crippen MR) is 155 cm³/mol. The van der Waals surface area contributed by atoms with Crippen LogP contribution in [0.5, 0.6) is 11.5 Å². The quantitative estimate of drug-likeness (QED) is 0.178.